The topological polar surface area (TPSA) is 38.4 Å². The molecule has 0 aromatic carbocycles. The lowest BCUT2D eigenvalue weighted by molar-refractivity contribution is 0.449. The average molecular weight is 226 g/mol. The smallest absolute Gasteiger partial charge is 0.136 e. The van der Waals surface area contributed by atoms with E-state index in [1.54, 1.807) is 0 Å². The van der Waals surface area contributed by atoms with E-state index in [2.05, 4.69) is 4.99 Å². The quantitative estimate of drug-likeness (QED) is 0.568. The molecule has 0 amide bonds. The molecule has 0 saturated carbocycles. The number of nitrogens with two attached hydrogens (primary N) is 1. The van der Waals surface area contributed by atoms with Crippen molar-refractivity contribution >= 4 is 5.71 Å². The minimum atomic E-state index is -1.07. The maximum atomic E-state index is 13.1. The molecule has 3 heteroatoms. The fourth-order valence-electron chi connectivity index (χ4n) is 1.60. The molecule has 0 aliphatic heterocycles. The van der Waals surface area contributed by atoms with Crippen molar-refractivity contribution in [2.75, 3.05) is 6.54 Å². The van der Waals surface area contributed by atoms with Crippen LogP contribution in [0.3, 0.4) is 0 Å². The number of aliphatic imine (C=N–C) groups is 1. The fourth-order valence-corrected chi connectivity index (χ4v) is 1.60. The van der Waals surface area contributed by atoms with Gasteiger partial charge >= 0.3 is 0 Å². The van der Waals surface area contributed by atoms with E-state index in [1.807, 2.05) is 39.8 Å². The van der Waals surface area contributed by atoms with Gasteiger partial charge in [0.1, 0.15) is 6.17 Å². The third-order valence-electron chi connectivity index (χ3n) is 2.68. The third-order valence-corrected chi connectivity index (χ3v) is 2.68. The van der Waals surface area contributed by atoms with Crippen LogP contribution in [0.15, 0.2) is 28.3 Å². The summed E-state index contributed by atoms with van der Waals surface area (Å²) >= 11 is 0. The first-order valence-corrected chi connectivity index (χ1v) is 5.68. The summed E-state index contributed by atoms with van der Waals surface area (Å²) in [5.41, 5.74) is 8.18. The summed E-state index contributed by atoms with van der Waals surface area (Å²) in [6, 6.07) is -0.0436. The van der Waals surface area contributed by atoms with Crippen LogP contribution in [-0.4, -0.2) is 24.5 Å². The first-order chi connectivity index (χ1) is 7.47. The number of alkyl halides is 1. The van der Waals surface area contributed by atoms with E-state index in [1.165, 1.54) is 12.5 Å². The summed E-state index contributed by atoms with van der Waals surface area (Å²) < 4.78 is 13.1. The Labute approximate surface area is 98.1 Å². The summed E-state index contributed by atoms with van der Waals surface area (Å²) in [6.45, 7) is 9.58. The van der Waals surface area contributed by atoms with E-state index >= 15 is 0 Å². The number of halogens is 1. The van der Waals surface area contributed by atoms with Crippen molar-refractivity contribution in [2.45, 2.75) is 46.8 Å². The minimum absolute atomic E-state index is 0.0436. The third kappa shape index (κ3) is 4.27. The van der Waals surface area contributed by atoms with Crippen LogP contribution in [0, 0.1) is 0 Å². The van der Waals surface area contributed by atoms with E-state index in [4.69, 9.17) is 5.73 Å². The van der Waals surface area contributed by atoms with Gasteiger partial charge in [-0.15, -0.1) is 0 Å². The highest BCUT2D eigenvalue weighted by Crippen LogP contribution is 2.17. The number of rotatable bonds is 5. The molecule has 2 nitrogen and oxygen atoms in total. The highest BCUT2D eigenvalue weighted by molar-refractivity contribution is 5.90. The molecule has 0 aromatic heterocycles. The first-order valence-electron chi connectivity index (χ1n) is 5.68. The number of hydrogen-bond acceptors (Lipinski definition) is 2. The van der Waals surface area contributed by atoms with Crippen LogP contribution in [0.25, 0.3) is 0 Å². The number of hydrogen-bond donors (Lipinski definition) is 1. The van der Waals surface area contributed by atoms with Crippen LogP contribution in [0.4, 0.5) is 4.39 Å². The summed E-state index contributed by atoms with van der Waals surface area (Å²) in [5.74, 6) is 0. The number of allylic oxidation sites excluding steroid dienone is 2. The zero-order valence-corrected chi connectivity index (χ0v) is 10.9. The molecule has 0 radical (unpaired) electrons. The van der Waals surface area contributed by atoms with Crippen LogP contribution in [0.5, 0.6) is 0 Å². The minimum Gasteiger partial charge on any atom is -0.325 e. The van der Waals surface area contributed by atoms with E-state index in [0.29, 0.717) is 5.71 Å². The summed E-state index contributed by atoms with van der Waals surface area (Å²) in [4.78, 5) is 4.34. The molecule has 0 heterocycles. The highest BCUT2D eigenvalue weighted by atomic mass is 19.1. The van der Waals surface area contributed by atoms with E-state index in [-0.39, 0.29) is 12.6 Å². The molecular formula is C13H23FN2. The molecule has 0 saturated heterocycles. The molecule has 0 fully saturated rings. The zero-order valence-electron chi connectivity index (χ0n) is 10.9. The monoisotopic (exact) mass is 226 g/mol. The Morgan fingerprint density at radius 1 is 1.31 bits per heavy atom. The molecule has 0 aromatic rings. The summed E-state index contributed by atoms with van der Waals surface area (Å²) in [7, 11) is 0. The fraction of sp³-hybridized carbons (Fsp3) is 0.615. The highest BCUT2D eigenvalue weighted by Gasteiger charge is 2.12. The zero-order chi connectivity index (χ0) is 12.7. The second-order valence-electron chi connectivity index (χ2n) is 3.83. The van der Waals surface area contributed by atoms with Crippen molar-refractivity contribution in [3.63, 3.8) is 0 Å². The Balaban J connectivity index is 4.98. The van der Waals surface area contributed by atoms with Crippen molar-refractivity contribution in [2.24, 2.45) is 10.7 Å². The lowest BCUT2D eigenvalue weighted by Crippen LogP contribution is -2.25. The Hall–Kier alpha value is -0.960. The van der Waals surface area contributed by atoms with Crippen molar-refractivity contribution in [1.82, 2.24) is 0 Å². The normalized spacial score (nSPS) is 18.6. The molecule has 2 unspecified atom stereocenters. The molecular weight excluding hydrogens is 203 g/mol. The van der Waals surface area contributed by atoms with Crippen LogP contribution in [0.2, 0.25) is 0 Å². The predicted molar refractivity (Wildman–Crippen MR) is 69.7 cm³/mol. The van der Waals surface area contributed by atoms with E-state index < -0.39 is 6.17 Å². The lowest BCUT2D eigenvalue weighted by Gasteiger charge is -2.15. The lowest BCUT2D eigenvalue weighted by atomic mass is 10.0. The molecule has 16 heavy (non-hydrogen) atoms. The predicted octanol–water partition coefficient (Wildman–Crippen LogP) is 3.05. The van der Waals surface area contributed by atoms with Gasteiger partial charge in [0.2, 0.25) is 0 Å². The Morgan fingerprint density at radius 2 is 1.88 bits per heavy atom. The van der Waals surface area contributed by atoms with Gasteiger partial charge in [-0.25, -0.2) is 4.39 Å². The molecule has 0 rings (SSSR count). The molecule has 0 bridgehead atoms. The molecule has 0 aliphatic rings. The van der Waals surface area contributed by atoms with Gasteiger partial charge in [0.25, 0.3) is 0 Å². The van der Waals surface area contributed by atoms with Gasteiger partial charge in [0.15, 0.2) is 0 Å². The molecule has 0 aliphatic carbocycles. The van der Waals surface area contributed by atoms with Gasteiger partial charge in [-0.3, -0.25) is 4.99 Å². The molecule has 0 spiro atoms. The Kier molecular flexibility index (Phi) is 6.90. The average Bonchev–Trinajstić information content (AvgIpc) is 2.25. The largest absolute Gasteiger partial charge is 0.325 e. The van der Waals surface area contributed by atoms with Gasteiger partial charge < -0.3 is 5.73 Å². The van der Waals surface area contributed by atoms with Crippen molar-refractivity contribution in [3.8, 4) is 0 Å². The SMILES string of the molecule is C/C=C(C)/C(=C\C)C(C)N=C(CN)C(C)F. The van der Waals surface area contributed by atoms with Gasteiger partial charge in [-0.1, -0.05) is 17.7 Å². The van der Waals surface area contributed by atoms with Crippen LogP contribution in [-0.2, 0) is 0 Å². The van der Waals surface area contributed by atoms with Crippen LogP contribution < -0.4 is 5.73 Å². The van der Waals surface area contributed by atoms with Gasteiger partial charge in [0, 0.05) is 6.54 Å². The van der Waals surface area contributed by atoms with Crippen molar-refractivity contribution < 1.29 is 4.39 Å². The second-order valence-corrected chi connectivity index (χ2v) is 3.83. The maximum absolute atomic E-state index is 13.1. The Bertz CT molecular complexity index is 301. The van der Waals surface area contributed by atoms with Crippen LogP contribution >= 0.6 is 0 Å². The van der Waals surface area contributed by atoms with Gasteiger partial charge in [0.05, 0.1) is 11.8 Å². The number of nitrogens with zero attached hydrogens (tertiary/aromatic N) is 1. The standard InChI is InChI=1S/C13H23FN2/c1-6-9(3)12(7-2)11(5)16-13(8-15)10(4)14/h6-7,10-11H,8,15H2,1-5H3/b9-6+,12-7+,16-13?. The van der Waals surface area contributed by atoms with Crippen molar-refractivity contribution in [3.05, 3.63) is 23.3 Å². The molecule has 2 atom stereocenters. The van der Waals surface area contributed by atoms with Crippen LogP contribution in [0.1, 0.15) is 34.6 Å². The first kappa shape index (κ1) is 15.0. The van der Waals surface area contributed by atoms with Crippen molar-refractivity contribution in [1.29, 1.82) is 0 Å². The van der Waals surface area contributed by atoms with Gasteiger partial charge in [-0.05, 0) is 40.2 Å². The summed E-state index contributed by atoms with van der Waals surface area (Å²) in [5, 5.41) is 0. The van der Waals surface area contributed by atoms with Gasteiger partial charge in [-0.2, -0.15) is 0 Å². The maximum Gasteiger partial charge on any atom is 0.136 e. The van der Waals surface area contributed by atoms with E-state index in [0.717, 1.165) is 5.57 Å². The Morgan fingerprint density at radius 3 is 2.19 bits per heavy atom. The second kappa shape index (κ2) is 7.34. The molecule has 2 N–H and O–H groups in total. The summed E-state index contributed by atoms with van der Waals surface area (Å²) in [6.07, 6.45) is 2.97. The van der Waals surface area contributed by atoms with E-state index in [9.17, 15) is 4.39 Å². The molecule has 92 valence electrons.